The van der Waals surface area contributed by atoms with E-state index in [0.29, 0.717) is 0 Å². The second-order valence-electron chi connectivity index (χ2n) is 4.23. The third-order valence-corrected chi connectivity index (χ3v) is 3.67. The molecule has 0 aromatic carbocycles. The highest BCUT2D eigenvalue weighted by molar-refractivity contribution is 7.99. The van der Waals surface area contributed by atoms with Gasteiger partial charge in [-0.2, -0.15) is 0 Å². The highest BCUT2D eigenvalue weighted by atomic mass is 32.2. The number of pyridine rings is 2. The van der Waals surface area contributed by atoms with Gasteiger partial charge in [-0.25, -0.2) is 4.98 Å². The molecular weight excluding hydrogens is 258 g/mol. The molecule has 2 N–H and O–H groups in total. The van der Waals surface area contributed by atoms with Gasteiger partial charge in [-0.3, -0.25) is 4.40 Å². The number of rotatable bonds is 3. The summed E-state index contributed by atoms with van der Waals surface area (Å²) < 4.78 is 1.94. The van der Waals surface area contributed by atoms with Crippen LogP contribution in [0.5, 0.6) is 0 Å². The summed E-state index contributed by atoms with van der Waals surface area (Å²) in [6.45, 7) is 1.94. The van der Waals surface area contributed by atoms with Gasteiger partial charge in [0.15, 0.2) is 5.65 Å². The molecule has 0 fully saturated rings. The maximum atomic E-state index is 5.80. The van der Waals surface area contributed by atoms with Crippen molar-refractivity contribution in [3.8, 4) is 0 Å². The third-order valence-electron chi connectivity index (χ3n) is 2.76. The molecule has 96 valence electrons. The second kappa shape index (κ2) is 4.99. The normalized spacial score (nSPS) is 12.7. The van der Waals surface area contributed by atoms with E-state index < -0.39 is 0 Å². The Morgan fingerprint density at radius 3 is 2.84 bits per heavy atom. The van der Waals surface area contributed by atoms with Crippen molar-refractivity contribution in [2.45, 2.75) is 23.1 Å². The van der Waals surface area contributed by atoms with Gasteiger partial charge >= 0.3 is 0 Å². The van der Waals surface area contributed by atoms with Gasteiger partial charge in [-0.15, -0.1) is 10.2 Å². The predicted molar refractivity (Wildman–Crippen MR) is 73.9 cm³/mol. The Hall–Kier alpha value is -1.92. The first-order valence-corrected chi connectivity index (χ1v) is 6.75. The number of hydrogen-bond acceptors (Lipinski definition) is 5. The van der Waals surface area contributed by atoms with E-state index in [-0.39, 0.29) is 6.04 Å². The largest absolute Gasteiger partial charge is 0.324 e. The van der Waals surface area contributed by atoms with E-state index in [9.17, 15) is 0 Å². The molecule has 19 heavy (non-hydrogen) atoms. The first-order valence-electron chi connectivity index (χ1n) is 5.93. The summed E-state index contributed by atoms with van der Waals surface area (Å²) in [4.78, 5) is 4.38. The van der Waals surface area contributed by atoms with Crippen LogP contribution in [0.2, 0.25) is 0 Å². The van der Waals surface area contributed by atoms with E-state index >= 15 is 0 Å². The number of nitrogens with two attached hydrogens (primary N) is 1. The molecule has 1 atom stereocenters. The Bertz CT molecular complexity index is 690. The van der Waals surface area contributed by atoms with Crippen LogP contribution in [0, 0.1) is 0 Å². The van der Waals surface area contributed by atoms with E-state index in [2.05, 4.69) is 15.2 Å². The fourth-order valence-electron chi connectivity index (χ4n) is 1.70. The van der Waals surface area contributed by atoms with Gasteiger partial charge in [0.05, 0.1) is 0 Å². The topological polar surface area (TPSA) is 69.1 Å². The number of aromatic nitrogens is 4. The number of nitrogens with zero attached hydrogens (tertiary/aromatic N) is 4. The lowest BCUT2D eigenvalue weighted by molar-refractivity contribution is 0.805. The zero-order valence-corrected chi connectivity index (χ0v) is 11.2. The quantitative estimate of drug-likeness (QED) is 0.791. The molecule has 3 rings (SSSR count). The molecule has 3 heterocycles. The van der Waals surface area contributed by atoms with E-state index in [4.69, 9.17) is 5.73 Å². The Morgan fingerprint density at radius 1 is 1.21 bits per heavy atom. The minimum absolute atomic E-state index is 0.000437. The van der Waals surface area contributed by atoms with Crippen molar-refractivity contribution < 1.29 is 0 Å². The molecular formula is C13H13N5S. The van der Waals surface area contributed by atoms with Crippen LogP contribution in [0.3, 0.4) is 0 Å². The summed E-state index contributed by atoms with van der Waals surface area (Å²) in [7, 11) is 0. The average Bonchev–Trinajstić information content (AvgIpc) is 2.83. The summed E-state index contributed by atoms with van der Waals surface area (Å²) in [5.41, 5.74) is 7.66. The molecule has 0 bridgehead atoms. The summed E-state index contributed by atoms with van der Waals surface area (Å²) in [5, 5.41) is 9.94. The van der Waals surface area contributed by atoms with Crippen LogP contribution in [-0.2, 0) is 0 Å². The van der Waals surface area contributed by atoms with Crippen LogP contribution in [0.15, 0.2) is 52.9 Å². The monoisotopic (exact) mass is 271 g/mol. The molecule has 0 aliphatic heterocycles. The lowest BCUT2D eigenvalue weighted by atomic mass is 10.2. The van der Waals surface area contributed by atoms with Crippen LogP contribution >= 0.6 is 11.8 Å². The minimum Gasteiger partial charge on any atom is -0.324 e. The van der Waals surface area contributed by atoms with Gasteiger partial charge in [0, 0.05) is 18.4 Å². The standard InChI is InChI=1S/C13H13N5S/c1-9(14)10-5-6-12(15-8-10)19-13-17-16-11-4-2-3-7-18(11)13/h2-9H,14H2,1H3/t9-/m0/s1. The Morgan fingerprint density at radius 2 is 2.11 bits per heavy atom. The van der Waals surface area contributed by atoms with Crippen molar-refractivity contribution in [1.29, 1.82) is 0 Å². The lowest BCUT2D eigenvalue weighted by Crippen LogP contribution is -2.05. The minimum atomic E-state index is 0.000437. The molecule has 3 aromatic heterocycles. The average molecular weight is 271 g/mol. The predicted octanol–water partition coefficient (Wildman–Crippen LogP) is 2.30. The Balaban J connectivity index is 1.88. The van der Waals surface area contributed by atoms with Crippen LogP contribution < -0.4 is 5.73 Å². The summed E-state index contributed by atoms with van der Waals surface area (Å²) in [5.74, 6) is 0. The van der Waals surface area contributed by atoms with Crippen molar-refractivity contribution in [2.75, 3.05) is 0 Å². The SMILES string of the molecule is C[C@H](N)c1ccc(Sc2nnc3ccccn23)nc1. The van der Waals surface area contributed by atoms with Gasteiger partial charge in [-0.05, 0) is 42.4 Å². The summed E-state index contributed by atoms with van der Waals surface area (Å²) >= 11 is 1.48. The highest BCUT2D eigenvalue weighted by Gasteiger charge is 2.08. The summed E-state index contributed by atoms with van der Waals surface area (Å²) in [6, 6.07) is 9.75. The maximum Gasteiger partial charge on any atom is 0.201 e. The molecule has 6 heteroatoms. The molecule has 3 aromatic rings. The van der Waals surface area contributed by atoms with E-state index in [1.165, 1.54) is 11.8 Å². The molecule has 0 amide bonds. The maximum absolute atomic E-state index is 5.80. The molecule has 0 saturated carbocycles. The first kappa shape index (κ1) is 12.1. The molecule has 0 saturated heterocycles. The smallest absolute Gasteiger partial charge is 0.201 e. The Labute approximate surface area is 114 Å². The first-order chi connectivity index (χ1) is 9.24. The molecule has 0 aliphatic carbocycles. The van der Waals surface area contributed by atoms with Crippen molar-refractivity contribution in [2.24, 2.45) is 5.73 Å². The summed E-state index contributed by atoms with van der Waals surface area (Å²) in [6.07, 6.45) is 3.74. The Kier molecular flexibility index (Phi) is 3.18. The van der Waals surface area contributed by atoms with Crippen molar-refractivity contribution in [3.63, 3.8) is 0 Å². The van der Waals surface area contributed by atoms with Crippen molar-refractivity contribution >= 4 is 17.4 Å². The molecule has 0 radical (unpaired) electrons. The van der Waals surface area contributed by atoms with Crippen LogP contribution in [0.25, 0.3) is 5.65 Å². The van der Waals surface area contributed by atoms with Gasteiger partial charge in [0.25, 0.3) is 0 Å². The van der Waals surface area contributed by atoms with Crippen molar-refractivity contribution in [3.05, 3.63) is 48.3 Å². The fraction of sp³-hybridized carbons (Fsp3) is 0.154. The molecule has 0 spiro atoms. The van der Waals surface area contributed by atoms with Gasteiger partial charge in [-0.1, -0.05) is 12.1 Å². The second-order valence-corrected chi connectivity index (χ2v) is 5.22. The highest BCUT2D eigenvalue weighted by Crippen LogP contribution is 2.25. The van der Waals surface area contributed by atoms with Crippen LogP contribution in [0.4, 0.5) is 0 Å². The van der Waals surface area contributed by atoms with Crippen LogP contribution in [0.1, 0.15) is 18.5 Å². The molecule has 5 nitrogen and oxygen atoms in total. The van der Waals surface area contributed by atoms with E-state index in [1.54, 1.807) is 6.20 Å². The number of fused-ring (bicyclic) bond motifs is 1. The number of hydrogen-bond donors (Lipinski definition) is 1. The van der Waals surface area contributed by atoms with Crippen molar-refractivity contribution in [1.82, 2.24) is 19.6 Å². The fourth-order valence-corrected chi connectivity index (χ4v) is 2.47. The van der Waals surface area contributed by atoms with E-state index in [1.807, 2.05) is 47.9 Å². The third kappa shape index (κ3) is 2.45. The molecule has 0 aliphatic rings. The van der Waals surface area contributed by atoms with E-state index in [0.717, 1.165) is 21.4 Å². The lowest BCUT2D eigenvalue weighted by Gasteiger charge is -2.05. The van der Waals surface area contributed by atoms with Gasteiger partial charge in [0.2, 0.25) is 5.16 Å². The van der Waals surface area contributed by atoms with Gasteiger partial charge in [0.1, 0.15) is 5.03 Å². The van der Waals surface area contributed by atoms with Crippen LogP contribution in [-0.4, -0.2) is 19.6 Å². The zero-order chi connectivity index (χ0) is 13.2. The molecule has 0 unspecified atom stereocenters. The zero-order valence-electron chi connectivity index (χ0n) is 10.4. The van der Waals surface area contributed by atoms with Gasteiger partial charge < -0.3 is 5.73 Å².